The first kappa shape index (κ1) is 19.9. The first-order valence-corrected chi connectivity index (χ1v) is 9.51. The van der Waals surface area contributed by atoms with Gasteiger partial charge < -0.3 is 14.2 Å². The maximum absolute atomic E-state index is 11.7. The van der Waals surface area contributed by atoms with Gasteiger partial charge in [0.25, 0.3) is 0 Å². The van der Waals surface area contributed by atoms with Gasteiger partial charge in [-0.15, -0.1) is 0 Å². The standard InChI is InChI=1S/C13H24I2O4/c1-13(2,3)19-11(16)10-12(17-8-4-6-14)18-9-5-7-15/h12H,4-10H2,1-3H3. The van der Waals surface area contributed by atoms with Gasteiger partial charge in [0.1, 0.15) is 5.60 Å². The minimum Gasteiger partial charge on any atom is -0.460 e. The largest absolute Gasteiger partial charge is 0.460 e. The van der Waals surface area contributed by atoms with Crippen LogP contribution in [0.25, 0.3) is 0 Å². The highest BCUT2D eigenvalue weighted by Crippen LogP contribution is 2.12. The van der Waals surface area contributed by atoms with Gasteiger partial charge >= 0.3 is 5.97 Å². The van der Waals surface area contributed by atoms with Crippen LogP contribution < -0.4 is 0 Å². The molecule has 114 valence electrons. The van der Waals surface area contributed by atoms with Gasteiger partial charge in [0.2, 0.25) is 0 Å². The molecule has 0 rings (SSSR count). The number of esters is 1. The van der Waals surface area contributed by atoms with Crippen molar-refractivity contribution >= 4 is 51.2 Å². The third kappa shape index (κ3) is 13.6. The molecule has 0 aliphatic carbocycles. The molecule has 6 heteroatoms. The first-order valence-electron chi connectivity index (χ1n) is 6.46. The van der Waals surface area contributed by atoms with E-state index in [1.165, 1.54) is 0 Å². The molecule has 0 heterocycles. The van der Waals surface area contributed by atoms with Gasteiger partial charge in [0, 0.05) is 8.86 Å². The normalized spacial score (nSPS) is 11.9. The van der Waals surface area contributed by atoms with Gasteiger partial charge in [-0.1, -0.05) is 45.2 Å². The molecule has 0 saturated carbocycles. The highest BCUT2D eigenvalue weighted by Gasteiger charge is 2.21. The van der Waals surface area contributed by atoms with Crippen molar-refractivity contribution < 1.29 is 19.0 Å². The van der Waals surface area contributed by atoms with E-state index in [0.717, 1.165) is 21.7 Å². The summed E-state index contributed by atoms with van der Waals surface area (Å²) in [6.07, 6.45) is 1.59. The Balaban J connectivity index is 4.11. The van der Waals surface area contributed by atoms with Crippen LogP contribution >= 0.6 is 45.2 Å². The maximum Gasteiger partial charge on any atom is 0.311 e. The van der Waals surface area contributed by atoms with Crippen molar-refractivity contribution in [2.24, 2.45) is 0 Å². The Hall–Kier alpha value is 0.850. The number of rotatable bonds is 10. The van der Waals surface area contributed by atoms with Gasteiger partial charge in [0.05, 0.1) is 19.6 Å². The topological polar surface area (TPSA) is 44.8 Å². The summed E-state index contributed by atoms with van der Waals surface area (Å²) in [4.78, 5) is 11.7. The van der Waals surface area contributed by atoms with E-state index in [1.54, 1.807) is 0 Å². The van der Waals surface area contributed by atoms with Crippen LogP contribution in [0.4, 0.5) is 0 Å². The monoisotopic (exact) mass is 498 g/mol. The summed E-state index contributed by atoms with van der Waals surface area (Å²) in [5.41, 5.74) is -0.466. The third-order valence-electron chi connectivity index (χ3n) is 1.92. The van der Waals surface area contributed by atoms with Crippen molar-refractivity contribution in [1.82, 2.24) is 0 Å². The molecular formula is C13H24I2O4. The number of alkyl halides is 2. The first-order chi connectivity index (χ1) is 8.89. The second-order valence-electron chi connectivity index (χ2n) is 5.05. The predicted molar refractivity (Wildman–Crippen MR) is 93.2 cm³/mol. The average molecular weight is 498 g/mol. The van der Waals surface area contributed by atoms with Gasteiger partial charge in [-0.05, 0) is 33.6 Å². The van der Waals surface area contributed by atoms with Crippen LogP contribution in [0.5, 0.6) is 0 Å². The van der Waals surface area contributed by atoms with Crippen LogP contribution in [0.1, 0.15) is 40.0 Å². The summed E-state index contributed by atoms with van der Waals surface area (Å²) in [7, 11) is 0. The maximum atomic E-state index is 11.7. The molecule has 0 bridgehead atoms. The number of carbonyl (C=O) groups excluding carboxylic acids is 1. The lowest BCUT2D eigenvalue weighted by atomic mass is 10.2. The fraction of sp³-hybridized carbons (Fsp3) is 0.923. The fourth-order valence-electron chi connectivity index (χ4n) is 1.22. The number of carbonyl (C=O) groups is 1. The Labute approximate surface area is 143 Å². The van der Waals surface area contributed by atoms with E-state index < -0.39 is 11.9 Å². The van der Waals surface area contributed by atoms with E-state index in [2.05, 4.69) is 45.2 Å². The molecule has 0 amide bonds. The zero-order valence-electron chi connectivity index (χ0n) is 11.9. The zero-order valence-corrected chi connectivity index (χ0v) is 16.2. The van der Waals surface area contributed by atoms with Crippen molar-refractivity contribution in [3.63, 3.8) is 0 Å². The SMILES string of the molecule is CC(C)(C)OC(=O)CC(OCCCI)OCCCI. The van der Waals surface area contributed by atoms with Crippen molar-refractivity contribution in [1.29, 1.82) is 0 Å². The zero-order chi connectivity index (χ0) is 14.7. The molecule has 0 atom stereocenters. The van der Waals surface area contributed by atoms with Gasteiger partial charge in [-0.2, -0.15) is 0 Å². The molecule has 4 nitrogen and oxygen atoms in total. The molecule has 0 aromatic heterocycles. The minimum atomic E-state index is -0.485. The quantitative estimate of drug-likeness (QED) is 0.152. The van der Waals surface area contributed by atoms with Crippen molar-refractivity contribution in [2.75, 3.05) is 22.1 Å². The summed E-state index contributed by atoms with van der Waals surface area (Å²) in [6, 6.07) is 0. The Morgan fingerprint density at radius 2 is 1.53 bits per heavy atom. The van der Waals surface area contributed by atoms with Crippen LogP contribution in [0, 0.1) is 0 Å². The van der Waals surface area contributed by atoms with Crippen molar-refractivity contribution in [3.8, 4) is 0 Å². The molecule has 0 radical (unpaired) electrons. The van der Waals surface area contributed by atoms with E-state index in [1.807, 2.05) is 20.8 Å². The molecule has 0 aromatic rings. The average Bonchev–Trinajstić information content (AvgIpc) is 2.26. The number of ether oxygens (including phenoxy) is 3. The second-order valence-corrected chi connectivity index (χ2v) is 7.20. The van der Waals surface area contributed by atoms with E-state index >= 15 is 0 Å². The lowest BCUT2D eigenvalue weighted by Crippen LogP contribution is -2.29. The van der Waals surface area contributed by atoms with Crippen LogP contribution in [0.3, 0.4) is 0 Å². The molecule has 19 heavy (non-hydrogen) atoms. The smallest absolute Gasteiger partial charge is 0.311 e. The summed E-state index contributed by atoms with van der Waals surface area (Å²) in [5.74, 6) is -0.276. The highest BCUT2D eigenvalue weighted by atomic mass is 127. The lowest BCUT2D eigenvalue weighted by Gasteiger charge is -2.22. The Bertz CT molecular complexity index is 231. The van der Waals surface area contributed by atoms with Crippen LogP contribution in [-0.2, 0) is 19.0 Å². The molecule has 0 aliphatic rings. The van der Waals surface area contributed by atoms with Crippen LogP contribution in [0.15, 0.2) is 0 Å². The fourth-order valence-corrected chi connectivity index (χ4v) is 1.85. The van der Waals surface area contributed by atoms with Gasteiger partial charge in [-0.3, -0.25) is 4.79 Å². The molecule has 0 aliphatic heterocycles. The number of hydrogen-bond donors (Lipinski definition) is 0. The van der Waals surface area contributed by atoms with E-state index in [-0.39, 0.29) is 12.4 Å². The summed E-state index contributed by atoms with van der Waals surface area (Å²) >= 11 is 4.60. The third-order valence-corrected chi connectivity index (χ3v) is 3.44. The Morgan fingerprint density at radius 3 is 1.89 bits per heavy atom. The molecule has 0 spiro atoms. The van der Waals surface area contributed by atoms with E-state index in [9.17, 15) is 4.79 Å². The van der Waals surface area contributed by atoms with Gasteiger partial charge in [-0.25, -0.2) is 0 Å². The lowest BCUT2D eigenvalue weighted by molar-refractivity contribution is -0.178. The summed E-state index contributed by atoms with van der Waals surface area (Å²) < 4.78 is 18.5. The highest BCUT2D eigenvalue weighted by molar-refractivity contribution is 14.1. The molecule has 0 unspecified atom stereocenters. The molecule has 0 N–H and O–H groups in total. The molecule has 0 fully saturated rings. The predicted octanol–water partition coefficient (Wildman–Crippen LogP) is 3.73. The van der Waals surface area contributed by atoms with E-state index in [0.29, 0.717) is 13.2 Å². The van der Waals surface area contributed by atoms with Crippen molar-refractivity contribution in [2.45, 2.75) is 51.9 Å². The van der Waals surface area contributed by atoms with E-state index in [4.69, 9.17) is 14.2 Å². The Morgan fingerprint density at radius 1 is 1.05 bits per heavy atom. The summed E-state index contributed by atoms with van der Waals surface area (Å²) in [6.45, 7) is 6.79. The summed E-state index contributed by atoms with van der Waals surface area (Å²) in [5, 5.41) is 0. The van der Waals surface area contributed by atoms with Crippen LogP contribution in [0.2, 0.25) is 0 Å². The molecule has 0 saturated heterocycles. The minimum absolute atomic E-state index is 0.153. The van der Waals surface area contributed by atoms with Crippen LogP contribution in [-0.4, -0.2) is 39.9 Å². The van der Waals surface area contributed by atoms with Gasteiger partial charge in [0.15, 0.2) is 6.29 Å². The second kappa shape index (κ2) is 11.5. The van der Waals surface area contributed by atoms with Crippen molar-refractivity contribution in [3.05, 3.63) is 0 Å². The molecule has 0 aromatic carbocycles. The Kier molecular flexibility index (Phi) is 12.0. The number of halogens is 2. The molecular weight excluding hydrogens is 474 g/mol. The number of hydrogen-bond acceptors (Lipinski definition) is 4.